The molecule has 0 bridgehead atoms. The fourth-order valence-corrected chi connectivity index (χ4v) is 3.65. The summed E-state index contributed by atoms with van der Waals surface area (Å²) in [6, 6.07) is 0. The van der Waals surface area contributed by atoms with Crippen LogP contribution in [0, 0.1) is 5.92 Å². The van der Waals surface area contributed by atoms with E-state index in [0.717, 1.165) is 19.4 Å². The van der Waals surface area contributed by atoms with Crippen LogP contribution < -0.4 is 5.73 Å². The number of amides is 1. The summed E-state index contributed by atoms with van der Waals surface area (Å²) in [5.41, 5.74) is 4.93. The highest BCUT2D eigenvalue weighted by Gasteiger charge is 2.23. The zero-order valence-corrected chi connectivity index (χ0v) is 12.3. The van der Waals surface area contributed by atoms with E-state index in [1.54, 1.807) is 0 Å². The quantitative estimate of drug-likeness (QED) is 0.622. The number of primary amides is 1. The Morgan fingerprint density at radius 1 is 1.30 bits per heavy atom. The SMILES string of the molecule is NC(=O)CCS(=O)(=O)CCN1CCCC(CC(=O)O)C1. The number of carbonyl (C=O) groups excluding carboxylic acids is 1. The van der Waals surface area contributed by atoms with Crippen LogP contribution in [0.5, 0.6) is 0 Å². The van der Waals surface area contributed by atoms with Crippen LogP contribution in [0.2, 0.25) is 0 Å². The molecule has 1 unspecified atom stereocenters. The lowest BCUT2D eigenvalue weighted by atomic mass is 9.95. The smallest absolute Gasteiger partial charge is 0.303 e. The van der Waals surface area contributed by atoms with Crippen LogP contribution in [0.4, 0.5) is 0 Å². The number of carbonyl (C=O) groups is 2. The van der Waals surface area contributed by atoms with Crippen LogP contribution >= 0.6 is 0 Å². The minimum absolute atomic E-state index is 0.0138. The number of carboxylic acid groups (broad SMARTS) is 1. The highest BCUT2D eigenvalue weighted by molar-refractivity contribution is 7.91. The summed E-state index contributed by atoms with van der Waals surface area (Å²) in [6.45, 7) is 1.80. The van der Waals surface area contributed by atoms with Crippen molar-refractivity contribution in [1.82, 2.24) is 4.90 Å². The van der Waals surface area contributed by atoms with Gasteiger partial charge in [-0.05, 0) is 25.3 Å². The molecule has 8 heteroatoms. The van der Waals surface area contributed by atoms with E-state index in [4.69, 9.17) is 10.8 Å². The van der Waals surface area contributed by atoms with Gasteiger partial charge in [0.1, 0.15) is 0 Å². The minimum atomic E-state index is -3.28. The molecule has 1 heterocycles. The number of piperidine rings is 1. The summed E-state index contributed by atoms with van der Waals surface area (Å²) in [6.07, 6.45) is 1.74. The first-order chi connectivity index (χ1) is 9.28. The van der Waals surface area contributed by atoms with Crippen molar-refractivity contribution in [3.8, 4) is 0 Å². The van der Waals surface area contributed by atoms with E-state index in [9.17, 15) is 18.0 Å². The van der Waals surface area contributed by atoms with Gasteiger partial charge in [0, 0.05) is 25.9 Å². The zero-order valence-electron chi connectivity index (χ0n) is 11.5. The number of rotatable bonds is 8. The number of aliphatic carboxylic acids is 1. The molecular formula is C12H22N2O5S. The summed E-state index contributed by atoms with van der Waals surface area (Å²) in [5, 5.41) is 8.77. The number of hydrogen-bond donors (Lipinski definition) is 2. The fourth-order valence-electron chi connectivity index (χ4n) is 2.39. The highest BCUT2D eigenvalue weighted by Crippen LogP contribution is 2.19. The summed E-state index contributed by atoms with van der Waals surface area (Å²) in [5.74, 6) is -1.57. The third-order valence-corrected chi connectivity index (χ3v) is 5.08. The number of hydrogen-bond acceptors (Lipinski definition) is 5. The molecule has 116 valence electrons. The molecule has 7 nitrogen and oxygen atoms in total. The molecule has 1 fully saturated rings. The lowest BCUT2D eigenvalue weighted by Crippen LogP contribution is -2.39. The van der Waals surface area contributed by atoms with Crippen molar-refractivity contribution in [2.75, 3.05) is 31.1 Å². The maximum absolute atomic E-state index is 11.7. The maximum Gasteiger partial charge on any atom is 0.303 e. The molecule has 0 aromatic rings. The van der Waals surface area contributed by atoms with Gasteiger partial charge in [-0.2, -0.15) is 0 Å². The van der Waals surface area contributed by atoms with E-state index in [0.29, 0.717) is 13.1 Å². The lowest BCUT2D eigenvalue weighted by Gasteiger charge is -2.31. The van der Waals surface area contributed by atoms with Crippen LogP contribution in [0.3, 0.4) is 0 Å². The Hall–Kier alpha value is -1.15. The van der Waals surface area contributed by atoms with E-state index in [-0.39, 0.29) is 30.3 Å². The van der Waals surface area contributed by atoms with Crippen molar-refractivity contribution < 1.29 is 23.1 Å². The molecular weight excluding hydrogens is 284 g/mol. The Morgan fingerprint density at radius 2 is 2.00 bits per heavy atom. The first-order valence-electron chi connectivity index (χ1n) is 6.71. The van der Waals surface area contributed by atoms with Crippen molar-refractivity contribution in [2.24, 2.45) is 11.7 Å². The molecule has 1 aliphatic rings. The van der Waals surface area contributed by atoms with E-state index in [1.165, 1.54) is 0 Å². The molecule has 1 saturated heterocycles. The van der Waals surface area contributed by atoms with E-state index >= 15 is 0 Å². The van der Waals surface area contributed by atoms with Gasteiger partial charge in [-0.25, -0.2) is 8.42 Å². The number of carboxylic acids is 1. The minimum Gasteiger partial charge on any atom is -0.481 e. The fraction of sp³-hybridized carbons (Fsp3) is 0.833. The van der Waals surface area contributed by atoms with Gasteiger partial charge in [-0.1, -0.05) is 0 Å². The van der Waals surface area contributed by atoms with Gasteiger partial charge in [0.05, 0.1) is 11.5 Å². The lowest BCUT2D eigenvalue weighted by molar-refractivity contribution is -0.138. The number of nitrogens with zero attached hydrogens (tertiary/aromatic N) is 1. The van der Waals surface area contributed by atoms with Gasteiger partial charge < -0.3 is 15.7 Å². The van der Waals surface area contributed by atoms with Gasteiger partial charge in [-0.3, -0.25) is 9.59 Å². The predicted octanol–water partition coefficient (Wildman–Crippen LogP) is -0.537. The van der Waals surface area contributed by atoms with Crippen molar-refractivity contribution in [3.05, 3.63) is 0 Å². The molecule has 0 radical (unpaired) electrons. The Balaban J connectivity index is 2.37. The Bertz CT molecular complexity index is 449. The molecule has 20 heavy (non-hydrogen) atoms. The van der Waals surface area contributed by atoms with Gasteiger partial charge >= 0.3 is 5.97 Å². The van der Waals surface area contributed by atoms with Gasteiger partial charge in [0.15, 0.2) is 9.84 Å². The predicted molar refractivity (Wildman–Crippen MR) is 73.9 cm³/mol. The second kappa shape index (κ2) is 7.58. The highest BCUT2D eigenvalue weighted by atomic mass is 32.2. The molecule has 3 N–H and O–H groups in total. The van der Waals surface area contributed by atoms with Crippen LogP contribution in [0.1, 0.15) is 25.7 Å². The van der Waals surface area contributed by atoms with Gasteiger partial charge in [0.2, 0.25) is 5.91 Å². The first kappa shape index (κ1) is 16.9. The maximum atomic E-state index is 11.7. The summed E-state index contributed by atoms with van der Waals surface area (Å²) in [7, 11) is -3.28. The molecule has 0 aromatic carbocycles. The Morgan fingerprint density at radius 3 is 2.60 bits per heavy atom. The molecule has 1 atom stereocenters. The molecule has 1 amide bonds. The van der Waals surface area contributed by atoms with Crippen molar-refractivity contribution in [1.29, 1.82) is 0 Å². The van der Waals surface area contributed by atoms with Gasteiger partial charge in [-0.15, -0.1) is 0 Å². The van der Waals surface area contributed by atoms with Crippen LogP contribution in [-0.2, 0) is 19.4 Å². The number of sulfone groups is 1. The van der Waals surface area contributed by atoms with Crippen molar-refractivity contribution >= 4 is 21.7 Å². The normalized spacial score (nSPS) is 20.7. The number of likely N-dealkylation sites (tertiary alicyclic amines) is 1. The van der Waals surface area contributed by atoms with Crippen molar-refractivity contribution in [2.45, 2.75) is 25.7 Å². The standard InChI is InChI=1S/C12H22N2O5S/c13-11(15)3-6-20(18,19)7-5-14-4-1-2-10(9-14)8-12(16)17/h10H,1-9H2,(H2,13,15)(H,16,17). The summed E-state index contributed by atoms with van der Waals surface area (Å²) < 4.78 is 23.4. The molecule has 0 aliphatic carbocycles. The number of nitrogens with two attached hydrogens (primary N) is 1. The second-order valence-corrected chi connectivity index (χ2v) is 7.58. The largest absolute Gasteiger partial charge is 0.481 e. The third-order valence-electron chi connectivity index (χ3n) is 3.44. The van der Waals surface area contributed by atoms with E-state index in [2.05, 4.69) is 0 Å². The molecule has 1 rings (SSSR count). The third kappa shape index (κ3) is 6.85. The zero-order chi connectivity index (χ0) is 15.2. The van der Waals surface area contributed by atoms with Crippen molar-refractivity contribution in [3.63, 3.8) is 0 Å². The van der Waals surface area contributed by atoms with Crippen LogP contribution in [0.15, 0.2) is 0 Å². The molecule has 0 spiro atoms. The summed E-state index contributed by atoms with van der Waals surface area (Å²) >= 11 is 0. The Labute approximate surface area is 119 Å². The van der Waals surface area contributed by atoms with Gasteiger partial charge in [0.25, 0.3) is 0 Å². The average Bonchev–Trinajstić information content (AvgIpc) is 2.34. The van der Waals surface area contributed by atoms with E-state index in [1.807, 2.05) is 4.90 Å². The topological polar surface area (TPSA) is 118 Å². The molecule has 0 aromatic heterocycles. The molecule has 1 aliphatic heterocycles. The van der Waals surface area contributed by atoms with Crippen LogP contribution in [-0.4, -0.2) is 61.4 Å². The first-order valence-corrected chi connectivity index (χ1v) is 8.53. The molecule has 0 saturated carbocycles. The average molecular weight is 306 g/mol. The van der Waals surface area contributed by atoms with Crippen LogP contribution in [0.25, 0.3) is 0 Å². The summed E-state index contributed by atoms with van der Waals surface area (Å²) in [4.78, 5) is 23.3. The Kier molecular flexibility index (Phi) is 6.41. The second-order valence-electron chi connectivity index (χ2n) is 5.27. The van der Waals surface area contributed by atoms with E-state index < -0.39 is 21.7 Å². The monoisotopic (exact) mass is 306 g/mol.